The Hall–Kier alpha value is -1.52. The van der Waals surface area contributed by atoms with Crippen LogP contribution in [0.4, 0.5) is 4.79 Å². The highest BCUT2D eigenvalue weighted by Gasteiger charge is 2.10. The SMILES string of the molecule is CCOC(=O)NC(C)c1ncc[nH]1. The fourth-order valence-corrected chi connectivity index (χ4v) is 0.932. The Morgan fingerprint density at radius 2 is 2.62 bits per heavy atom. The van der Waals surface area contributed by atoms with Crippen LogP contribution >= 0.6 is 0 Å². The van der Waals surface area contributed by atoms with E-state index in [9.17, 15) is 4.79 Å². The van der Waals surface area contributed by atoms with E-state index in [1.54, 1.807) is 19.3 Å². The molecule has 0 aliphatic rings. The summed E-state index contributed by atoms with van der Waals surface area (Å²) < 4.78 is 4.72. The highest BCUT2D eigenvalue weighted by molar-refractivity contribution is 5.67. The summed E-state index contributed by atoms with van der Waals surface area (Å²) in [6.07, 6.45) is 2.92. The molecule has 5 nitrogen and oxygen atoms in total. The maximum absolute atomic E-state index is 11.0. The van der Waals surface area contributed by atoms with Crippen LogP contribution in [-0.2, 0) is 4.74 Å². The van der Waals surface area contributed by atoms with Crippen molar-refractivity contribution in [3.05, 3.63) is 18.2 Å². The molecule has 1 heterocycles. The zero-order chi connectivity index (χ0) is 9.68. The topological polar surface area (TPSA) is 67.0 Å². The lowest BCUT2D eigenvalue weighted by atomic mass is 10.3. The van der Waals surface area contributed by atoms with Gasteiger partial charge in [-0.3, -0.25) is 0 Å². The third kappa shape index (κ3) is 2.77. The van der Waals surface area contributed by atoms with Gasteiger partial charge in [0, 0.05) is 12.4 Å². The minimum atomic E-state index is -0.425. The molecular formula is C8H13N3O2. The first kappa shape index (κ1) is 9.57. The summed E-state index contributed by atoms with van der Waals surface area (Å²) in [5, 5.41) is 2.63. The van der Waals surface area contributed by atoms with Crippen LogP contribution in [0.5, 0.6) is 0 Å². The number of H-pyrrole nitrogens is 1. The van der Waals surface area contributed by atoms with Crippen molar-refractivity contribution in [1.29, 1.82) is 0 Å². The smallest absolute Gasteiger partial charge is 0.407 e. The zero-order valence-corrected chi connectivity index (χ0v) is 7.70. The van der Waals surface area contributed by atoms with Gasteiger partial charge in [0.2, 0.25) is 0 Å². The van der Waals surface area contributed by atoms with Crippen LogP contribution in [0, 0.1) is 0 Å². The second kappa shape index (κ2) is 4.49. The molecule has 0 saturated heterocycles. The van der Waals surface area contributed by atoms with Crippen molar-refractivity contribution in [1.82, 2.24) is 15.3 Å². The maximum Gasteiger partial charge on any atom is 0.407 e. The van der Waals surface area contributed by atoms with Gasteiger partial charge in [-0.15, -0.1) is 0 Å². The number of nitrogens with one attached hydrogen (secondary N) is 2. The Kier molecular flexibility index (Phi) is 3.31. The predicted octanol–water partition coefficient (Wildman–Crippen LogP) is 1.22. The predicted molar refractivity (Wildman–Crippen MR) is 47.2 cm³/mol. The monoisotopic (exact) mass is 183 g/mol. The number of aromatic amines is 1. The van der Waals surface area contributed by atoms with Gasteiger partial charge < -0.3 is 15.0 Å². The van der Waals surface area contributed by atoms with E-state index in [4.69, 9.17) is 4.74 Å². The summed E-state index contributed by atoms with van der Waals surface area (Å²) in [6, 6.07) is -0.158. The summed E-state index contributed by atoms with van der Waals surface area (Å²) in [5.41, 5.74) is 0. The number of imidazole rings is 1. The summed E-state index contributed by atoms with van der Waals surface area (Å²) >= 11 is 0. The number of ether oxygens (including phenoxy) is 1. The molecule has 0 spiro atoms. The quantitative estimate of drug-likeness (QED) is 0.740. The van der Waals surface area contributed by atoms with Crippen molar-refractivity contribution in [2.45, 2.75) is 19.9 Å². The van der Waals surface area contributed by atoms with Crippen molar-refractivity contribution in [2.75, 3.05) is 6.61 Å². The third-order valence-corrected chi connectivity index (χ3v) is 1.54. The Labute approximate surface area is 76.5 Å². The molecule has 72 valence electrons. The zero-order valence-electron chi connectivity index (χ0n) is 7.70. The number of hydrogen-bond donors (Lipinski definition) is 2. The van der Waals surface area contributed by atoms with Gasteiger partial charge in [0.1, 0.15) is 5.82 Å². The molecule has 0 radical (unpaired) electrons. The largest absolute Gasteiger partial charge is 0.450 e. The Morgan fingerprint density at radius 1 is 1.85 bits per heavy atom. The Balaban J connectivity index is 2.42. The molecule has 0 aliphatic carbocycles. The number of carbonyl (C=O) groups excluding carboxylic acids is 1. The fraction of sp³-hybridized carbons (Fsp3) is 0.500. The van der Waals surface area contributed by atoms with Crippen molar-refractivity contribution in [2.24, 2.45) is 0 Å². The van der Waals surface area contributed by atoms with E-state index in [0.717, 1.165) is 0 Å². The molecule has 1 aromatic rings. The first-order valence-electron chi connectivity index (χ1n) is 4.16. The number of carbonyl (C=O) groups is 1. The average Bonchev–Trinajstić information content (AvgIpc) is 2.55. The van der Waals surface area contributed by atoms with Gasteiger partial charge in [0.25, 0.3) is 0 Å². The van der Waals surface area contributed by atoms with Gasteiger partial charge >= 0.3 is 6.09 Å². The van der Waals surface area contributed by atoms with Gasteiger partial charge in [0.15, 0.2) is 0 Å². The third-order valence-electron chi connectivity index (χ3n) is 1.54. The van der Waals surface area contributed by atoms with Gasteiger partial charge in [-0.25, -0.2) is 9.78 Å². The van der Waals surface area contributed by atoms with E-state index in [1.807, 2.05) is 6.92 Å². The van der Waals surface area contributed by atoms with Gasteiger partial charge in [0.05, 0.1) is 12.6 Å². The number of amides is 1. The van der Waals surface area contributed by atoms with Gasteiger partial charge in [-0.1, -0.05) is 0 Å². The van der Waals surface area contributed by atoms with E-state index in [-0.39, 0.29) is 6.04 Å². The molecule has 0 bridgehead atoms. The minimum absolute atomic E-state index is 0.158. The number of rotatable bonds is 3. The summed E-state index contributed by atoms with van der Waals surface area (Å²) in [5.74, 6) is 0.716. The molecule has 0 fully saturated rings. The van der Waals surface area contributed by atoms with E-state index < -0.39 is 6.09 Å². The second-order valence-corrected chi connectivity index (χ2v) is 2.56. The molecule has 13 heavy (non-hydrogen) atoms. The van der Waals surface area contributed by atoms with E-state index >= 15 is 0 Å². The van der Waals surface area contributed by atoms with E-state index in [2.05, 4.69) is 15.3 Å². The molecule has 0 saturated carbocycles. The summed E-state index contributed by atoms with van der Waals surface area (Å²) in [7, 11) is 0. The van der Waals surface area contributed by atoms with Crippen LogP contribution in [0.3, 0.4) is 0 Å². The first-order chi connectivity index (χ1) is 6.24. The number of hydrogen-bond acceptors (Lipinski definition) is 3. The molecule has 1 aromatic heterocycles. The van der Waals surface area contributed by atoms with Crippen LogP contribution in [0.15, 0.2) is 12.4 Å². The molecule has 0 aromatic carbocycles. The number of aromatic nitrogens is 2. The number of alkyl carbamates (subject to hydrolysis) is 1. The first-order valence-corrected chi connectivity index (χ1v) is 4.16. The fourth-order valence-electron chi connectivity index (χ4n) is 0.932. The molecule has 0 aliphatic heterocycles. The summed E-state index contributed by atoms with van der Waals surface area (Å²) in [6.45, 7) is 3.96. The molecule has 1 unspecified atom stereocenters. The second-order valence-electron chi connectivity index (χ2n) is 2.56. The highest BCUT2D eigenvalue weighted by Crippen LogP contribution is 2.04. The normalized spacial score (nSPS) is 12.2. The van der Waals surface area contributed by atoms with E-state index in [1.165, 1.54) is 0 Å². The molecule has 2 N–H and O–H groups in total. The Morgan fingerprint density at radius 3 is 3.15 bits per heavy atom. The lowest BCUT2D eigenvalue weighted by molar-refractivity contribution is 0.148. The molecule has 1 rings (SSSR count). The molecule has 5 heteroatoms. The average molecular weight is 183 g/mol. The van der Waals surface area contributed by atoms with Gasteiger partial charge in [-0.05, 0) is 13.8 Å². The van der Waals surface area contributed by atoms with E-state index in [0.29, 0.717) is 12.4 Å². The van der Waals surface area contributed by atoms with Crippen LogP contribution in [0.25, 0.3) is 0 Å². The van der Waals surface area contributed by atoms with Crippen molar-refractivity contribution in [3.63, 3.8) is 0 Å². The Bertz CT molecular complexity index is 258. The van der Waals surface area contributed by atoms with Crippen molar-refractivity contribution >= 4 is 6.09 Å². The molecule has 1 atom stereocenters. The maximum atomic E-state index is 11.0. The number of nitrogens with zero attached hydrogens (tertiary/aromatic N) is 1. The standard InChI is InChI=1S/C8H13N3O2/c1-3-13-8(12)11-6(2)7-9-4-5-10-7/h4-6H,3H2,1-2H3,(H,9,10)(H,11,12). The van der Waals surface area contributed by atoms with Crippen LogP contribution < -0.4 is 5.32 Å². The minimum Gasteiger partial charge on any atom is -0.450 e. The lowest BCUT2D eigenvalue weighted by Crippen LogP contribution is -2.27. The van der Waals surface area contributed by atoms with Crippen LogP contribution in [0.2, 0.25) is 0 Å². The molecule has 1 amide bonds. The summed E-state index contributed by atoms with van der Waals surface area (Å²) in [4.78, 5) is 17.9. The lowest BCUT2D eigenvalue weighted by Gasteiger charge is -2.10. The highest BCUT2D eigenvalue weighted by atomic mass is 16.5. The van der Waals surface area contributed by atoms with Crippen LogP contribution in [0.1, 0.15) is 25.7 Å². The van der Waals surface area contributed by atoms with Crippen LogP contribution in [-0.4, -0.2) is 22.7 Å². The van der Waals surface area contributed by atoms with Gasteiger partial charge in [-0.2, -0.15) is 0 Å². The molecular weight excluding hydrogens is 170 g/mol. The van der Waals surface area contributed by atoms with Crippen molar-refractivity contribution < 1.29 is 9.53 Å². The van der Waals surface area contributed by atoms with Crippen molar-refractivity contribution in [3.8, 4) is 0 Å².